The van der Waals surface area contributed by atoms with Crippen LogP contribution in [0.15, 0.2) is 42.5 Å². The molecule has 2 aromatic carbocycles. The van der Waals surface area contributed by atoms with Gasteiger partial charge in [-0.1, -0.05) is 35.6 Å². The van der Waals surface area contributed by atoms with Gasteiger partial charge in [0.25, 0.3) is 5.91 Å². The Balaban J connectivity index is 1.64. The van der Waals surface area contributed by atoms with E-state index < -0.39 is 0 Å². The lowest BCUT2D eigenvalue weighted by atomic mass is 10.1. The van der Waals surface area contributed by atoms with Gasteiger partial charge < -0.3 is 4.74 Å². The summed E-state index contributed by atoms with van der Waals surface area (Å²) in [7, 11) is 0. The molecule has 1 aromatic heterocycles. The molecule has 0 aliphatic heterocycles. The highest BCUT2D eigenvalue weighted by Gasteiger charge is 2.10. The molecule has 122 valence electrons. The zero-order chi connectivity index (χ0) is 17.1. The third kappa shape index (κ3) is 3.60. The smallest absolute Gasteiger partial charge is 0.264 e. The molecule has 0 saturated carbocycles. The first-order chi connectivity index (χ1) is 11.5. The zero-order valence-electron chi connectivity index (χ0n) is 13.3. The summed E-state index contributed by atoms with van der Waals surface area (Å²) in [4.78, 5) is 27.8. The van der Waals surface area contributed by atoms with Crippen molar-refractivity contribution >= 4 is 38.4 Å². The first-order valence-electron chi connectivity index (χ1n) is 7.43. The number of hydrogen-bond acceptors (Lipinski definition) is 5. The van der Waals surface area contributed by atoms with Gasteiger partial charge in [-0.05, 0) is 37.6 Å². The first-order valence-corrected chi connectivity index (χ1v) is 8.24. The Hall–Kier alpha value is -2.73. The maximum atomic E-state index is 12.0. The minimum atomic E-state index is -0.292. The Kier molecular flexibility index (Phi) is 4.57. The van der Waals surface area contributed by atoms with E-state index in [4.69, 9.17) is 4.74 Å². The number of hydrogen-bond donors (Lipinski definition) is 1. The van der Waals surface area contributed by atoms with Gasteiger partial charge in [0.15, 0.2) is 17.5 Å². The minimum absolute atomic E-state index is 0.0465. The molecule has 0 aliphatic carbocycles. The zero-order valence-corrected chi connectivity index (χ0v) is 14.1. The molecular formula is C18H16N2O3S. The van der Waals surface area contributed by atoms with Crippen molar-refractivity contribution in [2.24, 2.45) is 0 Å². The Labute approximate surface area is 143 Å². The molecule has 0 radical (unpaired) electrons. The van der Waals surface area contributed by atoms with E-state index in [-0.39, 0.29) is 18.3 Å². The highest BCUT2D eigenvalue weighted by atomic mass is 32.1. The summed E-state index contributed by atoms with van der Waals surface area (Å²) >= 11 is 1.42. The van der Waals surface area contributed by atoms with Crippen LogP contribution in [0.4, 0.5) is 5.13 Å². The number of rotatable bonds is 5. The fraction of sp³-hybridized carbons (Fsp3) is 0.167. The lowest BCUT2D eigenvalue weighted by Gasteiger charge is -2.06. The highest BCUT2D eigenvalue weighted by molar-refractivity contribution is 7.22. The lowest BCUT2D eigenvalue weighted by molar-refractivity contribution is -0.118. The van der Waals surface area contributed by atoms with E-state index in [2.05, 4.69) is 10.3 Å². The van der Waals surface area contributed by atoms with Crippen molar-refractivity contribution in [3.8, 4) is 5.75 Å². The van der Waals surface area contributed by atoms with Crippen LogP contribution in [0.1, 0.15) is 22.8 Å². The number of anilines is 1. The Bertz CT molecular complexity index is 918. The molecule has 24 heavy (non-hydrogen) atoms. The molecule has 1 amide bonds. The molecule has 6 heteroatoms. The summed E-state index contributed by atoms with van der Waals surface area (Å²) in [6.07, 6.45) is 0. The monoisotopic (exact) mass is 340 g/mol. The summed E-state index contributed by atoms with van der Waals surface area (Å²) in [6, 6.07) is 12.7. The number of Topliss-reactive ketones (excluding diaryl/α,β-unsaturated/α-hetero) is 1. The predicted octanol–water partition coefficient (Wildman–Crippen LogP) is 3.82. The van der Waals surface area contributed by atoms with Crippen LogP contribution >= 0.6 is 11.3 Å². The Morgan fingerprint density at radius 1 is 1.21 bits per heavy atom. The van der Waals surface area contributed by atoms with Crippen LogP contribution in [0.3, 0.4) is 0 Å². The average molecular weight is 340 g/mol. The van der Waals surface area contributed by atoms with Crippen LogP contribution in [0, 0.1) is 6.92 Å². The largest absolute Gasteiger partial charge is 0.484 e. The van der Waals surface area contributed by atoms with Gasteiger partial charge in [0.05, 0.1) is 10.2 Å². The van der Waals surface area contributed by atoms with Gasteiger partial charge in [0.2, 0.25) is 0 Å². The van der Waals surface area contributed by atoms with Crippen molar-refractivity contribution in [3.63, 3.8) is 0 Å². The number of nitrogens with zero attached hydrogens (tertiary/aromatic N) is 1. The van der Waals surface area contributed by atoms with Crippen molar-refractivity contribution in [2.45, 2.75) is 13.8 Å². The van der Waals surface area contributed by atoms with Gasteiger partial charge in [-0.25, -0.2) is 4.98 Å². The number of fused-ring (bicyclic) bond motifs is 1. The van der Waals surface area contributed by atoms with E-state index in [0.29, 0.717) is 16.4 Å². The number of benzene rings is 2. The number of ketones is 1. The van der Waals surface area contributed by atoms with E-state index >= 15 is 0 Å². The van der Waals surface area contributed by atoms with Gasteiger partial charge in [-0.2, -0.15) is 0 Å². The van der Waals surface area contributed by atoms with Crippen LogP contribution in [-0.4, -0.2) is 23.3 Å². The van der Waals surface area contributed by atoms with Gasteiger partial charge >= 0.3 is 0 Å². The SMILES string of the molecule is CC(=O)c1cccc(OCC(=O)Nc2nc3c(C)cccc3s2)c1. The number of amides is 1. The molecule has 5 nitrogen and oxygen atoms in total. The second-order valence-electron chi connectivity index (χ2n) is 5.36. The number of nitrogens with one attached hydrogen (secondary N) is 1. The second kappa shape index (κ2) is 6.80. The number of ether oxygens (including phenoxy) is 1. The molecule has 0 bridgehead atoms. The molecule has 0 unspecified atom stereocenters. The van der Waals surface area contributed by atoms with Crippen LogP contribution in [0.5, 0.6) is 5.75 Å². The third-order valence-corrected chi connectivity index (χ3v) is 4.41. The molecule has 1 heterocycles. The molecule has 0 saturated heterocycles. The van der Waals surface area contributed by atoms with E-state index in [1.54, 1.807) is 24.3 Å². The summed E-state index contributed by atoms with van der Waals surface area (Å²) in [6.45, 7) is 3.33. The molecule has 0 atom stereocenters. The van der Waals surface area contributed by atoms with Crippen LogP contribution in [0.2, 0.25) is 0 Å². The fourth-order valence-corrected chi connectivity index (χ4v) is 3.21. The van der Waals surface area contributed by atoms with Crippen molar-refractivity contribution in [1.29, 1.82) is 0 Å². The first kappa shape index (κ1) is 16.1. The summed E-state index contributed by atoms with van der Waals surface area (Å²) in [5.41, 5.74) is 2.52. The number of thiazole rings is 1. The molecule has 0 fully saturated rings. The Morgan fingerprint density at radius 2 is 2.00 bits per heavy atom. The van der Waals surface area contributed by atoms with Crippen LogP contribution < -0.4 is 10.1 Å². The normalized spacial score (nSPS) is 10.6. The molecular weight excluding hydrogens is 324 g/mol. The number of aromatic nitrogens is 1. The van der Waals surface area contributed by atoms with E-state index in [1.165, 1.54) is 18.3 Å². The lowest BCUT2D eigenvalue weighted by Crippen LogP contribution is -2.20. The number of carbonyl (C=O) groups is 2. The maximum Gasteiger partial charge on any atom is 0.264 e. The molecule has 1 N–H and O–H groups in total. The maximum absolute atomic E-state index is 12.0. The topological polar surface area (TPSA) is 68.3 Å². The van der Waals surface area contributed by atoms with Gasteiger partial charge in [-0.3, -0.25) is 14.9 Å². The summed E-state index contributed by atoms with van der Waals surface area (Å²) < 4.78 is 6.47. The van der Waals surface area contributed by atoms with Crippen molar-refractivity contribution in [1.82, 2.24) is 4.98 Å². The molecule has 0 aliphatic rings. The van der Waals surface area contributed by atoms with Crippen molar-refractivity contribution < 1.29 is 14.3 Å². The molecule has 0 spiro atoms. The van der Waals surface area contributed by atoms with Gasteiger partial charge in [-0.15, -0.1) is 0 Å². The fourth-order valence-electron chi connectivity index (χ4n) is 2.25. The quantitative estimate of drug-likeness (QED) is 0.717. The van der Waals surface area contributed by atoms with E-state index in [9.17, 15) is 9.59 Å². The minimum Gasteiger partial charge on any atom is -0.484 e. The standard InChI is InChI=1S/C18H16N2O3S/c1-11-5-3-8-15-17(11)20-18(24-15)19-16(22)10-23-14-7-4-6-13(9-14)12(2)21/h3-9H,10H2,1-2H3,(H,19,20,22). The van der Waals surface area contributed by atoms with Crippen molar-refractivity contribution in [3.05, 3.63) is 53.6 Å². The average Bonchev–Trinajstić information content (AvgIpc) is 2.97. The number of para-hydroxylation sites is 1. The summed E-state index contributed by atoms with van der Waals surface area (Å²) in [5, 5.41) is 3.29. The number of carbonyl (C=O) groups excluding carboxylic acids is 2. The van der Waals surface area contributed by atoms with Gasteiger partial charge in [0.1, 0.15) is 5.75 Å². The van der Waals surface area contributed by atoms with Crippen LogP contribution in [-0.2, 0) is 4.79 Å². The van der Waals surface area contributed by atoms with Gasteiger partial charge in [0, 0.05) is 5.56 Å². The number of aryl methyl sites for hydroxylation is 1. The predicted molar refractivity (Wildman–Crippen MR) is 94.9 cm³/mol. The second-order valence-corrected chi connectivity index (χ2v) is 6.39. The summed E-state index contributed by atoms with van der Waals surface area (Å²) in [5.74, 6) is 0.146. The molecule has 3 aromatic rings. The van der Waals surface area contributed by atoms with Crippen LogP contribution in [0.25, 0.3) is 10.2 Å². The van der Waals surface area contributed by atoms with E-state index in [1.807, 2.05) is 25.1 Å². The van der Waals surface area contributed by atoms with Crippen molar-refractivity contribution in [2.75, 3.05) is 11.9 Å². The highest BCUT2D eigenvalue weighted by Crippen LogP contribution is 2.27. The third-order valence-electron chi connectivity index (χ3n) is 3.48. The molecule has 3 rings (SSSR count). The van der Waals surface area contributed by atoms with E-state index in [0.717, 1.165) is 15.8 Å². The Morgan fingerprint density at radius 3 is 2.75 bits per heavy atom.